The molecule has 1 heterocycles. The molecule has 0 bridgehead atoms. The molecular formula is C15H30N2O. The van der Waals surface area contributed by atoms with E-state index in [1.807, 2.05) is 0 Å². The van der Waals surface area contributed by atoms with Crippen LogP contribution in [0.4, 0.5) is 0 Å². The lowest BCUT2D eigenvalue weighted by Crippen LogP contribution is -2.39. The monoisotopic (exact) mass is 254 g/mol. The standard InChI is InChI=1S/C15H30N2O/c1-16-9-7-13(8-10-16)11-17(2)12-14-5-3-4-6-15(14)18/h13-15,18H,3-12H2,1-2H3. The number of nitrogens with zero attached hydrogens (tertiary/aromatic N) is 2. The molecule has 18 heavy (non-hydrogen) atoms. The normalized spacial score (nSPS) is 32.0. The van der Waals surface area contributed by atoms with Gasteiger partial charge >= 0.3 is 0 Å². The molecule has 0 amide bonds. The molecule has 0 aromatic rings. The maximum absolute atomic E-state index is 10.0. The highest BCUT2D eigenvalue weighted by molar-refractivity contribution is 4.78. The Labute approximate surface area is 112 Å². The molecule has 2 fully saturated rings. The summed E-state index contributed by atoms with van der Waals surface area (Å²) in [5.41, 5.74) is 0. The topological polar surface area (TPSA) is 26.7 Å². The molecule has 1 aliphatic carbocycles. The maximum Gasteiger partial charge on any atom is 0.0580 e. The fourth-order valence-electron chi connectivity index (χ4n) is 3.56. The Kier molecular flexibility index (Phi) is 5.46. The van der Waals surface area contributed by atoms with Crippen molar-refractivity contribution in [3.8, 4) is 0 Å². The molecule has 1 saturated carbocycles. The van der Waals surface area contributed by atoms with Crippen molar-refractivity contribution in [1.82, 2.24) is 9.80 Å². The van der Waals surface area contributed by atoms with E-state index in [0.717, 1.165) is 18.9 Å². The van der Waals surface area contributed by atoms with Crippen LogP contribution in [0.15, 0.2) is 0 Å². The summed E-state index contributed by atoms with van der Waals surface area (Å²) in [7, 11) is 4.46. The van der Waals surface area contributed by atoms with E-state index < -0.39 is 0 Å². The molecule has 0 radical (unpaired) electrons. The van der Waals surface area contributed by atoms with Gasteiger partial charge in [0.05, 0.1) is 6.10 Å². The molecule has 0 aromatic carbocycles. The van der Waals surface area contributed by atoms with Crippen LogP contribution >= 0.6 is 0 Å². The van der Waals surface area contributed by atoms with E-state index in [1.54, 1.807) is 0 Å². The lowest BCUT2D eigenvalue weighted by Gasteiger charge is -2.35. The predicted molar refractivity (Wildman–Crippen MR) is 75.7 cm³/mol. The molecule has 1 saturated heterocycles. The van der Waals surface area contributed by atoms with Gasteiger partial charge in [-0.3, -0.25) is 0 Å². The summed E-state index contributed by atoms with van der Waals surface area (Å²) < 4.78 is 0. The van der Waals surface area contributed by atoms with Crippen LogP contribution in [0.2, 0.25) is 0 Å². The highest BCUT2D eigenvalue weighted by Gasteiger charge is 2.25. The van der Waals surface area contributed by atoms with Crippen molar-refractivity contribution in [1.29, 1.82) is 0 Å². The van der Waals surface area contributed by atoms with Gasteiger partial charge < -0.3 is 14.9 Å². The largest absolute Gasteiger partial charge is 0.393 e. The Morgan fingerprint density at radius 3 is 2.39 bits per heavy atom. The van der Waals surface area contributed by atoms with Crippen molar-refractivity contribution in [2.45, 2.75) is 44.6 Å². The highest BCUT2D eigenvalue weighted by Crippen LogP contribution is 2.25. The van der Waals surface area contributed by atoms with Crippen LogP contribution in [-0.2, 0) is 0 Å². The van der Waals surface area contributed by atoms with Crippen molar-refractivity contribution >= 4 is 0 Å². The average Bonchev–Trinajstić information content (AvgIpc) is 2.35. The molecule has 2 unspecified atom stereocenters. The Morgan fingerprint density at radius 1 is 1.06 bits per heavy atom. The van der Waals surface area contributed by atoms with Crippen LogP contribution in [0, 0.1) is 11.8 Å². The van der Waals surface area contributed by atoms with Crippen LogP contribution in [0.5, 0.6) is 0 Å². The van der Waals surface area contributed by atoms with Crippen molar-refractivity contribution in [3.63, 3.8) is 0 Å². The predicted octanol–water partition coefficient (Wildman–Crippen LogP) is 1.81. The first-order valence-electron chi connectivity index (χ1n) is 7.70. The Balaban J connectivity index is 1.69. The molecule has 0 spiro atoms. The highest BCUT2D eigenvalue weighted by atomic mass is 16.3. The number of likely N-dealkylation sites (tertiary alicyclic amines) is 1. The van der Waals surface area contributed by atoms with Gasteiger partial charge in [-0.05, 0) is 64.7 Å². The van der Waals surface area contributed by atoms with Gasteiger partial charge in [-0.1, -0.05) is 12.8 Å². The number of hydrogen-bond acceptors (Lipinski definition) is 3. The molecule has 2 aliphatic rings. The molecule has 2 atom stereocenters. The second-order valence-corrected chi connectivity index (χ2v) is 6.58. The van der Waals surface area contributed by atoms with E-state index in [9.17, 15) is 5.11 Å². The van der Waals surface area contributed by atoms with Crippen LogP contribution in [-0.4, -0.2) is 61.3 Å². The van der Waals surface area contributed by atoms with E-state index in [2.05, 4.69) is 23.9 Å². The van der Waals surface area contributed by atoms with E-state index in [4.69, 9.17) is 0 Å². The molecule has 2 rings (SSSR count). The summed E-state index contributed by atoms with van der Waals surface area (Å²) in [4.78, 5) is 4.90. The van der Waals surface area contributed by atoms with Crippen LogP contribution < -0.4 is 0 Å². The Morgan fingerprint density at radius 2 is 1.72 bits per heavy atom. The summed E-state index contributed by atoms with van der Waals surface area (Å²) in [5.74, 6) is 1.39. The van der Waals surface area contributed by atoms with E-state index in [0.29, 0.717) is 5.92 Å². The summed E-state index contributed by atoms with van der Waals surface area (Å²) in [6.45, 7) is 4.82. The minimum atomic E-state index is -0.0429. The van der Waals surface area contributed by atoms with Gasteiger partial charge in [0.15, 0.2) is 0 Å². The first-order chi connectivity index (χ1) is 8.65. The Bertz CT molecular complexity index is 239. The Hall–Kier alpha value is -0.120. The second kappa shape index (κ2) is 6.88. The summed E-state index contributed by atoms with van der Waals surface area (Å²) in [5, 5.41) is 10.0. The third-order valence-electron chi connectivity index (χ3n) is 4.82. The first kappa shape index (κ1) is 14.3. The van der Waals surface area contributed by atoms with Crippen LogP contribution in [0.3, 0.4) is 0 Å². The maximum atomic E-state index is 10.0. The van der Waals surface area contributed by atoms with Gasteiger partial charge in [-0.15, -0.1) is 0 Å². The van der Waals surface area contributed by atoms with E-state index in [1.165, 1.54) is 51.7 Å². The summed E-state index contributed by atoms with van der Waals surface area (Å²) in [6.07, 6.45) is 7.41. The second-order valence-electron chi connectivity index (χ2n) is 6.58. The number of piperidine rings is 1. The summed E-state index contributed by atoms with van der Waals surface area (Å²) >= 11 is 0. The zero-order chi connectivity index (χ0) is 13.0. The van der Waals surface area contributed by atoms with Crippen LogP contribution in [0.1, 0.15) is 38.5 Å². The minimum absolute atomic E-state index is 0.0429. The van der Waals surface area contributed by atoms with Gasteiger partial charge in [-0.2, -0.15) is 0 Å². The van der Waals surface area contributed by atoms with Gasteiger partial charge in [0.1, 0.15) is 0 Å². The number of aliphatic hydroxyl groups is 1. The van der Waals surface area contributed by atoms with E-state index >= 15 is 0 Å². The van der Waals surface area contributed by atoms with Crippen molar-refractivity contribution < 1.29 is 5.11 Å². The first-order valence-corrected chi connectivity index (χ1v) is 7.70. The van der Waals surface area contributed by atoms with Gasteiger partial charge in [0.25, 0.3) is 0 Å². The van der Waals surface area contributed by atoms with Crippen LogP contribution in [0.25, 0.3) is 0 Å². The molecular weight excluding hydrogens is 224 g/mol. The summed E-state index contributed by atoms with van der Waals surface area (Å²) in [6, 6.07) is 0. The average molecular weight is 254 g/mol. The lowest BCUT2D eigenvalue weighted by atomic mass is 9.86. The third-order valence-corrected chi connectivity index (χ3v) is 4.82. The van der Waals surface area contributed by atoms with Gasteiger partial charge in [0.2, 0.25) is 0 Å². The van der Waals surface area contributed by atoms with Gasteiger partial charge in [0, 0.05) is 13.1 Å². The smallest absolute Gasteiger partial charge is 0.0580 e. The molecule has 3 heteroatoms. The molecule has 1 aliphatic heterocycles. The molecule has 0 aromatic heterocycles. The third kappa shape index (κ3) is 4.22. The molecule has 1 N–H and O–H groups in total. The fraction of sp³-hybridized carbons (Fsp3) is 1.00. The minimum Gasteiger partial charge on any atom is -0.393 e. The molecule has 106 valence electrons. The van der Waals surface area contributed by atoms with Gasteiger partial charge in [-0.25, -0.2) is 0 Å². The van der Waals surface area contributed by atoms with Crippen molar-refractivity contribution in [2.75, 3.05) is 40.3 Å². The zero-order valence-electron chi connectivity index (χ0n) is 12.1. The van der Waals surface area contributed by atoms with E-state index in [-0.39, 0.29) is 6.10 Å². The number of hydrogen-bond donors (Lipinski definition) is 1. The molecule has 3 nitrogen and oxygen atoms in total. The number of rotatable bonds is 4. The van der Waals surface area contributed by atoms with Crippen molar-refractivity contribution in [2.24, 2.45) is 11.8 Å². The zero-order valence-corrected chi connectivity index (χ0v) is 12.1. The fourth-order valence-corrected chi connectivity index (χ4v) is 3.56. The number of aliphatic hydroxyl groups excluding tert-OH is 1. The van der Waals surface area contributed by atoms with Crippen molar-refractivity contribution in [3.05, 3.63) is 0 Å². The lowest BCUT2D eigenvalue weighted by molar-refractivity contribution is 0.0463. The quantitative estimate of drug-likeness (QED) is 0.829. The SMILES string of the molecule is CN1CCC(CN(C)CC2CCCCC2O)CC1.